The summed E-state index contributed by atoms with van der Waals surface area (Å²) in [6, 6.07) is 4.12. The Labute approximate surface area is 79.0 Å². The van der Waals surface area contributed by atoms with Crippen molar-refractivity contribution in [3.63, 3.8) is 0 Å². The molecule has 0 heterocycles. The van der Waals surface area contributed by atoms with Gasteiger partial charge in [-0.15, -0.1) is 0 Å². The van der Waals surface area contributed by atoms with Gasteiger partial charge in [-0.3, -0.25) is 5.41 Å². The molecule has 0 atom stereocenters. The van der Waals surface area contributed by atoms with Gasteiger partial charge in [-0.25, -0.2) is 0 Å². The summed E-state index contributed by atoms with van der Waals surface area (Å²) in [6.07, 6.45) is -4.63. The van der Waals surface area contributed by atoms with Crippen LogP contribution in [-0.4, -0.2) is 11.9 Å². The van der Waals surface area contributed by atoms with E-state index in [0.29, 0.717) is 5.56 Å². The molecule has 0 saturated carbocycles. The zero-order valence-electron chi connectivity index (χ0n) is 7.44. The predicted molar refractivity (Wildman–Crippen MR) is 48.5 cm³/mol. The standard InChI is InChI=1S/C9H9F3N2/c1-5-2-3-6(13)4-7(5)8(14)9(10,11)12/h2-4,14H,13H2,1H3. The summed E-state index contributed by atoms with van der Waals surface area (Å²) in [4.78, 5) is 0. The molecule has 0 bridgehead atoms. The van der Waals surface area contributed by atoms with Crippen LogP contribution in [0.1, 0.15) is 11.1 Å². The lowest BCUT2D eigenvalue weighted by atomic mass is 10.0. The van der Waals surface area contributed by atoms with Gasteiger partial charge in [-0.05, 0) is 24.6 Å². The van der Waals surface area contributed by atoms with Gasteiger partial charge < -0.3 is 5.73 Å². The van der Waals surface area contributed by atoms with Crippen LogP contribution in [0.25, 0.3) is 0 Å². The van der Waals surface area contributed by atoms with E-state index in [-0.39, 0.29) is 11.3 Å². The van der Waals surface area contributed by atoms with E-state index in [1.165, 1.54) is 19.1 Å². The zero-order chi connectivity index (χ0) is 10.9. The van der Waals surface area contributed by atoms with E-state index in [4.69, 9.17) is 11.1 Å². The van der Waals surface area contributed by atoms with E-state index >= 15 is 0 Å². The van der Waals surface area contributed by atoms with Crippen LogP contribution in [0.5, 0.6) is 0 Å². The highest BCUT2D eigenvalue weighted by Crippen LogP contribution is 2.24. The van der Waals surface area contributed by atoms with Crippen molar-refractivity contribution < 1.29 is 13.2 Å². The minimum absolute atomic E-state index is 0.169. The maximum absolute atomic E-state index is 12.2. The number of rotatable bonds is 1. The minimum Gasteiger partial charge on any atom is -0.399 e. The summed E-state index contributed by atoms with van der Waals surface area (Å²) in [5.74, 6) is 0. The van der Waals surface area contributed by atoms with Gasteiger partial charge in [-0.2, -0.15) is 13.2 Å². The Morgan fingerprint density at radius 2 is 1.93 bits per heavy atom. The zero-order valence-corrected chi connectivity index (χ0v) is 7.44. The molecule has 0 aliphatic carbocycles. The Bertz CT molecular complexity index is 369. The third-order valence-corrected chi connectivity index (χ3v) is 1.81. The molecule has 0 spiro atoms. The number of aryl methyl sites for hydroxylation is 1. The van der Waals surface area contributed by atoms with Crippen LogP contribution in [0, 0.1) is 12.3 Å². The van der Waals surface area contributed by atoms with Gasteiger partial charge in [0.2, 0.25) is 0 Å². The lowest BCUT2D eigenvalue weighted by Gasteiger charge is -2.11. The lowest BCUT2D eigenvalue weighted by molar-refractivity contribution is -0.0587. The first-order valence-electron chi connectivity index (χ1n) is 3.84. The minimum atomic E-state index is -4.63. The summed E-state index contributed by atoms with van der Waals surface area (Å²) in [7, 11) is 0. The predicted octanol–water partition coefficient (Wildman–Crippen LogP) is 2.51. The van der Waals surface area contributed by atoms with E-state index < -0.39 is 11.9 Å². The largest absolute Gasteiger partial charge is 0.433 e. The first-order valence-corrected chi connectivity index (χ1v) is 3.84. The van der Waals surface area contributed by atoms with Gasteiger partial charge >= 0.3 is 6.18 Å². The van der Waals surface area contributed by atoms with E-state index in [1.54, 1.807) is 0 Å². The van der Waals surface area contributed by atoms with Crippen LogP contribution in [-0.2, 0) is 0 Å². The average Bonchev–Trinajstić information content (AvgIpc) is 2.06. The van der Waals surface area contributed by atoms with Crippen LogP contribution < -0.4 is 5.73 Å². The summed E-state index contributed by atoms with van der Waals surface area (Å²) >= 11 is 0. The lowest BCUT2D eigenvalue weighted by Crippen LogP contribution is -2.23. The maximum atomic E-state index is 12.2. The van der Waals surface area contributed by atoms with Crippen LogP contribution in [0.4, 0.5) is 18.9 Å². The van der Waals surface area contributed by atoms with Crippen molar-refractivity contribution in [1.82, 2.24) is 0 Å². The SMILES string of the molecule is Cc1ccc(N)cc1C(=N)C(F)(F)F. The highest BCUT2D eigenvalue weighted by Gasteiger charge is 2.35. The quantitative estimate of drug-likeness (QED) is 0.533. The van der Waals surface area contributed by atoms with Gasteiger partial charge in [-0.1, -0.05) is 6.07 Å². The van der Waals surface area contributed by atoms with Crippen LogP contribution in [0.15, 0.2) is 18.2 Å². The number of benzene rings is 1. The van der Waals surface area contributed by atoms with E-state index in [0.717, 1.165) is 6.07 Å². The maximum Gasteiger partial charge on any atom is 0.433 e. The van der Waals surface area contributed by atoms with Crippen LogP contribution >= 0.6 is 0 Å². The Morgan fingerprint density at radius 3 is 2.43 bits per heavy atom. The third-order valence-electron chi connectivity index (χ3n) is 1.81. The molecule has 0 unspecified atom stereocenters. The summed E-state index contributed by atoms with van der Waals surface area (Å²) in [6.45, 7) is 1.51. The molecule has 2 nitrogen and oxygen atoms in total. The second-order valence-electron chi connectivity index (χ2n) is 2.95. The fraction of sp³-hybridized carbons (Fsp3) is 0.222. The number of nitrogens with one attached hydrogen (secondary N) is 1. The van der Waals surface area contributed by atoms with Crippen molar-refractivity contribution in [2.45, 2.75) is 13.1 Å². The summed E-state index contributed by atoms with van der Waals surface area (Å²) in [5, 5.41) is 6.94. The number of hydrogen-bond acceptors (Lipinski definition) is 2. The Morgan fingerprint density at radius 1 is 1.36 bits per heavy atom. The molecular weight excluding hydrogens is 193 g/mol. The van der Waals surface area contributed by atoms with Gasteiger partial charge in [0.05, 0.1) is 0 Å². The fourth-order valence-corrected chi connectivity index (χ4v) is 1.06. The highest BCUT2D eigenvalue weighted by molar-refractivity contribution is 6.04. The first-order chi connectivity index (χ1) is 6.32. The van der Waals surface area contributed by atoms with E-state index in [9.17, 15) is 13.2 Å². The molecule has 1 aromatic rings. The van der Waals surface area contributed by atoms with Crippen LogP contribution in [0.3, 0.4) is 0 Å². The van der Waals surface area contributed by atoms with E-state index in [2.05, 4.69) is 0 Å². The van der Waals surface area contributed by atoms with Crippen LogP contribution in [0.2, 0.25) is 0 Å². The number of nitrogens with two attached hydrogens (primary N) is 1. The molecule has 1 aromatic carbocycles. The van der Waals surface area contributed by atoms with Gasteiger partial charge in [0, 0.05) is 11.3 Å². The van der Waals surface area contributed by atoms with Gasteiger partial charge in [0.25, 0.3) is 0 Å². The molecule has 76 valence electrons. The van der Waals surface area contributed by atoms with Crippen molar-refractivity contribution in [2.75, 3.05) is 5.73 Å². The fourth-order valence-electron chi connectivity index (χ4n) is 1.06. The van der Waals surface area contributed by atoms with Crippen molar-refractivity contribution in [1.29, 1.82) is 5.41 Å². The monoisotopic (exact) mass is 202 g/mol. The van der Waals surface area contributed by atoms with E-state index in [1.807, 2.05) is 0 Å². The number of hydrogen-bond donors (Lipinski definition) is 2. The molecule has 0 radical (unpaired) electrons. The van der Waals surface area contributed by atoms with Crippen molar-refractivity contribution >= 4 is 11.4 Å². The Kier molecular flexibility index (Phi) is 2.51. The van der Waals surface area contributed by atoms with Gasteiger partial charge in [0.1, 0.15) is 5.71 Å². The number of nitrogen functional groups attached to an aromatic ring is 1. The Balaban J connectivity index is 3.19. The normalized spacial score (nSPS) is 11.4. The van der Waals surface area contributed by atoms with Crippen molar-refractivity contribution in [3.8, 4) is 0 Å². The number of alkyl halides is 3. The topological polar surface area (TPSA) is 49.9 Å². The first kappa shape index (κ1) is 10.6. The molecule has 0 amide bonds. The molecule has 14 heavy (non-hydrogen) atoms. The smallest absolute Gasteiger partial charge is 0.399 e. The third kappa shape index (κ3) is 2.04. The van der Waals surface area contributed by atoms with Gasteiger partial charge in [0.15, 0.2) is 0 Å². The second-order valence-corrected chi connectivity index (χ2v) is 2.95. The molecule has 0 aromatic heterocycles. The molecule has 0 aliphatic heterocycles. The molecule has 5 heteroatoms. The average molecular weight is 202 g/mol. The molecular formula is C9H9F3N2. The van der Waals surface area contributed by atoms with Crippen molar-refractivity contribution in [3.05, 3.63) is 29.3 Å². The summed E-state index contributed by atoms with van der Waals surface area (Å²) < 4.78 is 36.5. The molecule has 1 rings (SSSR count). The summed E-state index contributed by atoms with van der Waals surface area (Å²) in [5.41, 5.74) is 4.43. The molecule has 3 N–H and O–H groups in total. The highest BCUT2D eigenvalue weighted by atomic mass is 19.4. The molecule has 0 saturated heterocycles. The Hall–Kier alpha value is -1.52. The number of anilines is 1. The molecule has 0 fully saturated rings. The number of halogens is 3. The molecule has 0 aliphatic rings. The second kappa shape index (κ2) is 3.32. The van der Waals surface area contributed by atoms with Crippen molar-refractivity contribution in [2.24, 2.45) is 0 Å².